The van der Waals surface area contributed by atoms with Crippen molar-refractivity contribution in [3.63, 3.8) is 0 Å². The van der Waals surface area contributed by atoms with Crippen LogP contribution < -0.4 is 5.43 Å². The molecule has 0 bridgehead atoms. The van der Waals surface area contributed by atoms with Crippen LogP contribution in [0.15, 0.2) is 41.2 Å². The second kappa shape index (κ2) is 3.72. The molecule has 17 heavy (non-hydrogen) atoms. The number of aromatic hydroxyl groups is 1. The summed E-state index contributed by atoms with van der Waals surface area (Å²) in [5.74, 6) is -0.0172. The van der Waals surface area contributed by atoms with Crippen LogP contribution in [0.2, 0.25) is 5.02 Å². The Balaban J connectivity index is 2.69. The summed E-state index contributed by atoms with van der Waals surface area (Å²) in [6.45, 7) is 0. The summed E-state index contributed by atoms with van der Waals surface area (Å²) >= 11 is 7.48. The maximum Gasteiger partial charge on any atom is 0.199 e. The Morgan fingerprint density at radius 1 is 1.12 bits per heavy atom. The Labute approximate surface area is 106 Å². The Morgan fingerprint density at radius 3 is 2.71 bits per heavy atom. The van der Waals surface area contributed by atoms with E-state index < -0.39 is 0 Å². The Hall–Kier alpha value is -1.58. The van der Waals surface area contributed by atoms with Gasteiger partial charge in [0.25, 0.3) is 0 Å². The summed E-state index contributed by atoms with van der Waals surface area (Å²) in [4.78, 5) is 12.2. The van der Waals surface area contributed by atoms with Gasteiger partial charge >= 0.3 is 0 Å². The molecule has 1 aromatic heterocycles. The van der Waals surface area contributed by atoms with Crippen LogP contribution in [0.3, 0.4) is 0 Å². The zero-order valence-electron chi connectivity index (χ0n) is 8.61. The molecule has 84 valence electrons. The van der Waals surface area contributed by atoms with Gasteiger partial charge < -0.3 is 5.11 Å². The number of hydrogen-bond acceptors (Lipinski definition) is 3. The fourth-order valence-corrected chi connectivity index (χ4v) is 3.23. The SMILES string of the molecule is O=c1c2ccccc2sc2c(Cl)ccc(O)c12. The van der Waals surface area contributed by atoms with Crippen molar-refractivity contribution in [3.8, 4) is 5.75 Å². The number of halogens is 1. The van der Waals surface area contributed by atoms with E-state index in [9.17, 15) is 9.90 Å². The monoisotopic (exact) mass is 262 g/mol. The lowest BCUT2D eigenvalue weighted by Crippen LogP contribution is -2.01. The van der Waals surface area contributed by atoms with Gasteiger partial charge in [-0.2, -0.15) is 0 Å². The maximum absolute atomic E-state index is 12.2. The average Bonchev–Trinajstić information content (AvgIpc) is 2.34. The fourth-order valence-electron chi connectivity index (χ4n) is 1.85. The smallest absolute Gasteiger partial charge is 0.199 e. The van der Waals surface area contributed by atoms with Gasteiger partial charge in [0.2, 0.25) is 0 Å². The summed E-state index contributed by atoms with van der Waals surface area (Å²) in [5, 5.41) is 11.2. The molecule has 3 aromatic rings. The molecule has 1 heterocycles. The molecule has 4 heteroatoms. The topological polar surface area (TPSA) is 37.3 Å². The minimum atomic E-state index is -0.172. The van der Waals surface area contributed by atoms with Gasteiger partial charge in [-0.25, -0.2) is 0 Å². The van der Waals surface area contributed by atoms with E-state index in [1.54, 1.807) is 12.1 Å². The van der Waals surface area contributed by atoms with Crippen molar-refractivity contribution in [2.24, 2.45) is 0 Å². The van der Waals surface area contributed by atoms with Crippen LogP contribution in [-0.2, 0) is 0 Å². The first-order valence-corrected chi connectivity index (χ1v) is 6.21. The molecule has 0 amide bonds. The molecule has 1 N–H and O–H groups in total. The molecular formula is C13H7ClO2S. The quantitative estimate of drug-likeness (QED) is 0.626. The van der Waals surface area contributed by atoms with Crippen LogP contribution in [0, 0.1) is 0 Å². The Morgan fingerprint density at radius 2 is 1.88 bits per heavy atom. The van der Waals surface area contributed by atoms with E-state index in [-0.39, 0.29) is 11.2 Å². The third-order valence-corrected chi connectivity index (χ3v) is 4.29. The van der Waals surface area contributed by atoms with Gasteiger partial charge in [-0.3, -0.25) is 4.79 Å². The second-order valence-corrected chi connectivity index (χ2v) is 5.16. The lowest BCUT2D eigenvalue weighted by Gasteiger charge is -2.04. The van der Waals surface area contributed by atoms with E-state index in [1.807, 2.05) is 18.2 Å². The minimum absolute atomic E-state index is 0.0172. The zero-order valence-corrected chi connectivity index (χ0v) is 10.2. The molecule has 0 radical (unpaired) electrons. The molecule has 0 spiro atoms. The molecule has 0 aliphatic heterocycles. The molecule has 0 unspecified atom stereocenters. The summed E-state index contributed by atoms with van der Waals surface area (Å²) in [6, 6.07) is 10.4. The third kappa shape index (κ3) is 1.51. The first kappa shape index (κ1) is 10.6. The van der Waals surface area contributed by atoms with E-state index in [0.717, 1.165) is 4.70 Å². The highest BCUT2D eigenvalue weighted by molar-refractivity contribution is 7.25. The predicted molar refractivity (Wildman–Crippen MR) is 72.3 cm³/mol. The van der Waals surface area contributed by atoms with E-state index in [1.165, 1.54) is 17.4 Å². The average molecular weight is 263 g/mol. The third-order valence-electron chi connectivity index (χ3n) is 2.66. The lowest BCUT2D eigenvalue weighted by atomic mass is 10.1. The van der Waals surface area contributed by atoms with Crippen molar-refractivity contribution in [2.45, 2.75) is 0 Å². The van der Waals surface area contributed by atoms with Crippen molar-refractivity contribution in [2.75, 3.05) is 0 Å². The van der Waals surface area contributed by atoms with E-state index in [0.29, 0.717) is 20.5 Å². The molecule has 0 aliphatic rings. The highest BCUT2D eigenvalue weighted by atomic mass is 35.5. The van der Waals surface area contributed by atoms with E-state index in [2.05, 4.69) is 0 Å². The van der Waals surface area contributed by atoms with Gasteiger partial charge in [0.05, 0.1) is 15.1 Å². The van der Waals surface area contributed by atoms with Gasteiger partial charge in [-0.05, 0) is 24.3 Å². The molecule has 0 aliphatic carbocycles. The molecule has 0 saturated carbocycles. The zero-order chi connectivity index (χ0) is 12.0. The Bertz CT molecular complexity index is 792. The number of fused-ring (bicyclic) bond motifs is 2. The first-order valence-electron chi connectivity index (χ1n) is 5.01. The number of hydrogen-bond donors (Lipinski definition) is 1. The summed E-state index contributed by atoms with van der Waals surface area (Å²) in [7, 11) is 0. The van der Waals surface area contributed by atoms with Gasteiger partial charge in [-0.1, -0.05) is 23.7 Å². The highest BCUT2D eigenvalue weighted by Gasteiger charge is 2.11. The molecule has 2 aromatic carbocycles. The summed E-state index contributed by atoms with van der Waals surface area (Å²) in [6.07, 6.45) is 0. The van der Waals surface area contributed by atoms with Crippen molar-refractivity contribution in [3.05, 3.63) is 51.6 Å². The van der Waals surface area contributed by atoms with Crippen molar-refractivity contribution in [1.82, 2.24) is 0 Å². The standard InChI is InChI=1S/C13H7ClO2S/c14-8-5-6-9(15)11-12(16)7-3-1-2-4-10(7)17-13(8)11/h1-6,15H. The van der Waals surface area contributed by atoms with E-state index in [4.69, 9.17) is 11.6 Å². The Kier molecular flexibility index (Phi) is 2.31. The van der Waals surface area contributed by atoms with Gasteiger partial charge in [0.1, 0.15) is 5.75 Å². The van der Waals surface area contributed by atoms with Gasteiger partial charge in [-0.15, -0.1) is 11.3 Å². The minimum Gasteiger partial charge on any atom is -0.507 e. The maximum atomic E-state index is 12.2. The first-order chi connectivity index (χ1) is 8.18. The van der Waals surface area contributed by atoms with Crippen molar-refractivity contribution < 1.29 is 5.11 Å². The van der Waals surface area contributed by atoms with Crippen LogP contribution in [-0.4, -0.2) is 5.11 Å². The van der Waals surface area contributed by atoms with Gasteiger partial charge in [0.15, 0.2) is 5.43 Å². The molecule has 0 saturated heterocycles. The predicted octanol–water partition coefficient (Wildman–Crippen LogP) is 3.77. The summed E-state index contributed by atoms with van der Waals surface area (Å²) in [5.41, 5.74) is -0.172. The number of benzene rings is 2. The van der Waals surface area contributed by atoms with Crippen LogP contribution in [0.4, 0.5) is 0 Å². The largest absolute Gasteiger partial charge is 0.507 e. The summed E-state index contributed by atoms with van der Waals surface area (Å²) < 4.78 is 1.51. The molecular weight excluding hydrogens is 256 g/mol. The lowest BCUT2D eigenvalue weighted by molar-refractivity contribution is 0.481. The van der Waals surface area contributed by atoms with Gasteiger partial charge in [0, 0.05) is 10.1 Å². The second-order valence-electron chi connectivity index (χ2n) is 3.70. The van der Waals surface area contributed by atoms with Crippen molar-refractivity contribution in [1.29, 1.82) is 0 Å². The molecule has 2 nitrogen and oxygen atoms in total. The number of phenols is 1. The van der Waals surface area contributed by atoms with Crippen molar-refractivity contribution >= 4 is 43.1 Å². The van der Waals surface area contributed by atoms with Crippen LogP contribution in [0.25, 0.3) is 20.2 Å². The molecule has 0 fully saturated rings. The molecule has 3 rings (SSSR count). The molecule has 0 atom stereocenters. The van der Waals surface area contributed by atoms with Crippen LogP contribution in [0.5, 0.6) is 5.75 Å². The van der Waals surface area contributed by atoms with Crippen LogP contribution >= 0.6 is 22.9 Å². The fraction of sp³-hybridized carbons (Fsp3) is 0. The number of rotatable bonds is 0. The number of phenolic OH excluding ortho intramolecular Hbond substituents is 1. The van der Waals surface area contributed by atoms with E-state index >= 15 is 0 Å². The normalized spacial score (nSPS) is 11.1. The van der Waals surface area contributed by atoms with Crippen LogP contribution in [0.1, 0.15) is 0 Å². The highest BCUT2D eigenvalue weighted by Crippen LogP contribution is 2.34.